The van der Waals surface area contributed by atoms with Crippen molar-refractivity contribution in [2.45, 2.75) is 39.3 Å². The molecule has 0 radical (unpaired) electrons. The van der Waals surface area contributed by atoms with Crippen LogP contribution in [-0.2, 0) is 11.3 Å². The van der Waals surface area contributed by atoms with Crippen LogP contribution in [0, 0.1) is 0 Å². The molecule has 0 aliphatic rings. The molecule has 4 N–H and O–H groups in total. The fourth-order valence-corrected chi connectivity index (χ4v) is 1.70. The van der Waals surface area contributed by atoms with Gasteiger partial charge in [-0.25, -0.2) is 0 Å². The number of nitrogens with two attached hydrogens (primary N) is 1. The Labute approximate surface area is 119 Å². The van der Waals surface area contributed by atoms with Gasteiger partial charge in [0.25, 0.3) is 0 Å². The van der Waals surface area contributed by atoms with Gasteiger partial charge < -0.3 is 16.4 Å². The van der Waals surface area contributed by atoms with Gasteiger partial charge in [-0.2, -0.15) is 0 Å². The molecule has 0 unspecified atom stereocenters. The summed E-state index contributed by atoms with van der Waals surface area (Å²) in [6, 6.07) is 7.10. The number of carbonyl (C=O) groups is 2. The molecular formula is C15H23N3O2. The third-order valence-electron chi connectivity index (χ3n) is 2.61. The van der Waals surface area contributed by atoms with Gasteiger partial charge in [0.15, 0.2) is 0 Å². The number of carbonyl (C=O) groups excluding carboxylic acids is 2. The lowest BCUT2D eigenvalue weighted by Crippen LogP contribution is -2.41. The Bertz CT molecular complexity index is 461. The summed E-state index contributed by atoms with van der Waals surface area (Å²) < 4.78 is 0. The minimum atomic E-state index is -0.427. The van der Waals surface area contributed by atoms with Gasteiger partial charge in [-0.05, 0) is 38.5 Å². The minimum Gasteiger partial charge on any atom is -0.366 e. The largest absolute Gasteiger partial charge is 0.366 e. The molecular weight excluding hydrogens is 254 g/mol. The number of primary amides is 1. The van der Waals surface area contributed by atoms with E-state index in [2.05, 4.69) is 10.6 Å². The summed E-state index contributed by atoms with van der Waals surface area (Å²) in [7, 11) is 0. The quantitative estimate of drug-likeness (QED) is 0.683. The van der Waals surface area contributed by atoms with Gasteiger partial charge in [0, 0.05) is 30.6 Å². The van der Waals surface area contributed by atoms with Gasteiger partial charge in [-0.1, -0.05) is 12.1 Å². The SMILES string of the molecule is CC(C)(C)NC(=O)CCNCc1ccc(C(N)=O)cc1. The minimum absolute atomic E-state index is 0.0362. The molecule has 1 aromatic rings. The maximum absolute atomic E-state index is 11.6. The van der Waals surface area contributed by atoms with Crippen LogP contribution in [0.2, 0.25) is 0 Å². The van der Waals surface area contributed by atoms with Crippen LogP contribution < -0.4 is 16.4 Å². The topological polar surface area (TPSA) is 84.2 Å². The smallest absolute Gasteiger partial charge is 0.248 e. The average Bonchev–Trinajstić information content (AvgIpc) is 2.33. The summed E-state index contributed by atoms with van der Waals surface area (Å²) in [5.41, 5.74) is 6.52. The first-order chi connectivity index (χ1) is 9.28. The second kappa shape index (κ2) is 7.05. The highest BCUT2D eigenvalue weighted by Crippen LogP contribution is 2.03. The summed E-state index contributed by atoms with van der Waals surface area (Å²) >= 11 is 0. The van der Waals surface area contributed by atoms with E-state index in [1.807, 2.05) is 32.9 Å². The summed E-state index contributed by atoms with van der Waals surface area (Å²) in [4.78, 5) is 22.5. The van der Waals surface area contributed by atoms with Gasteiger partial charge in [0.1, 0.15) is 0 Å². The summed E-state index contributed by atoms with van der Waals surface area (Å²) in [6.07, 6.45) is 0.441. The normalized spacial score (nSPS) is 11.2. The van der Waals surface area contributed by atoms with E-state index in [4.69, 9.17) is 5.73 Å². The van der Waals surface area contributed by atoms with Crippen LogP contribution in [0.25, 0.3) is 0 Å². The Kier molecular flexibility index (Phi) is 5.70. The zero-order valence-electron chi connectivity index (χ0n) is 12.3. The molecule has 0 saturated carbocycles. The van der Waals surface area contributed by atoms with Crippen LogP contribution >= 0.6 is 0 Å². The molecule has 0 aromatic heterocycles. The van der Waals surface area contributed by atoms with Gasteiger partial charge in [-0.3, -0.25) is 9.59 Å². The molecule has 1 aromatic carbocycles. The van der Waals surface area contributed by atoms with Gasteiger partial charge in [-0.15, -0.1) is 0 Å². The van der Waals surface area contributed by atoms with Crippen molar-refractivity contribution in [2.75, 3.05) is 6.54 Å². The number of rotatable bonds is 6. The summed E-state index contributed by atoms with van der Waals surface area (Å²) in [5.74, 6) is -0.391. The van der Waals surface area contributed by atoms with Crippen LogP contribution in [0.15, 0.2) is 24.3 Å². The zero-order valence-corrected chi connectivity index (χ0v) is 12.3. The van der Waals surface area contributed by atoms with E-state index in [1.54, 1.807) is 12.1 Å². The molecule has 20 heavy (non-hydrogen) atoms. The molecule has 0 saturated heterocycles. The first kappa shape index (κ1) is 16.2. The molecule has 5 heteroatoms. The predicted molar refractivity (Wildman–Crippen MR) is 79.2 cm³/mol. The Balaban J connectivity index is 2.27. The van der Waals surface area contributed by atoms with Crippen molar-refractivity contribution in [3.63, 3.8) is 0 Å². The predicted octanol–water partition coefficient (Wildman–Crippen LogP) is 1.18. The van der Waals surface area contributed by atoms with E-state index in [0.717, 1.165) is 5.56 Å². The molecule has 0 atom stereocenters. The Morgan fingerprint density at radius 2 is 1.75 bits per heavy atom. The number of benzene rings is 1. The molecule has 0 fully saturated rings. The Morgan fingerprint density at radius 3 is 2.25 bits per heavy atom. The monoisotopic (exact) mass is 277 g/mol. The molecule has 5 nitrogen and oxygen atoms in total. The number of nitrogens with one attached hydrogen (secondary N) is 2. The van der Waals surface area contributed by atoms with E-state index in [0.29, 0.717) is 25.1 Å². The fourth-order valence-electron chi connectivity index (χ4n) is 1.70. The van der Waals surface area contributed by atoms with Crippen molar-refractivity contribution >= 4 is 11.8 Å². The van der Waals surface area contributed by atoms with Crippen molar-refractivity contribution in [2.24, 2.45) is 5.73 Å². The first-order valence-corrected chi connectivity index (χ1v) is 6.68. The lowest BCUT2D eigenvalue weighted by Gasteiger charge is -2.20. The maximum atomic E-state index is 11.6. The van der Waals surface area contributed by atoms with Crippen molar-refractivity contribution in [1.82, 2.24) is 10.6 Å². The lowest BCUT2D eigenvalue weighted by molar-refractivity contribution is -0.122. The van der Waals surface area contributed by atoms with Crippen LogP contribution in [0.4, 0.5) is 0 Å². The molecule has 0 heterocycles. The van der Waals surface area contributed by atoms with E-state index >= 15 is 0 Å². The van der Waals surface area contributed by atoms with Gasteiger partial charge in [0.2, 0.25) is 11.8 Å². The number of hydrogen-bond donors (Lipinski definition) is 3. The van der Waals surface area contributed by atoms with E-state index in [-0.39, 0.29) is 11.4 Å². The van der Waals surface area contributed by atoms with Crippen LogP contribution in [-0.4, -0.2) is 23.9 Å². The molecule has 0 spiro atoms. The van der Waals surface area contributed by atoms with E-state index in [9.17, 15) is 9.59 Å². The second-order valence-corrected chi connectivity index (χ2v) is 5.79. The Hall–Kier alpha value is -1.88. The highest BCUT2D eigenvalue weighted by atomic mass is 16.2. The summed E-state index contributed by atoms with van der Waals surface area (Å²) in [6.45, 7) is 7.14. The third-order valence-corrected chi connectivity index (χ3v) is 2.61. The number of hydrogen-bond acceptors (Lipinski definition) is 3. The molecule has 0 bridgehead atoms. The van der Waals surface area contributed by atoms with Crippen molar-refractivity contribution < 1.29 is 9.59 Å². The van der Waals surface area contributed by atoms with Gasteiger partial charge in [0.05, 0.1) is 0 Å². The van der Waals surface area contributed by atoms with Crippen LogP contribution in [0.5, 0.6) is 0 Å². The average molecular weight is 277 g/mol. The standard InChI is InChI=1S/C15H23N3O2/c1-15(2,3)18-13(19)8-9-17-10-11-4-6-12(7-5-11)14(16)20/h4-7,17H,8-10H2,1-3H3,(H2,16,20)(H,18,19). The summed E-state index contributed by atoms with van der Waals surface area (Å²) in [5, 5.41) is 6.10. The maximum Gasteiger partial charge on any atom is 0.248 e. The third kappa shape index (κ3) is 6.33. The number of amides is 2. The molecule has 0 aliphatic carbocycles. The van der Waals surface area contributed by atoms with Gasteiger partial charge >= 0.3 is 0 Å². The molecule has 2 amide bonds. The van der Waals surface area contributed by atoms with E-state index in [1.165, 1.54) is 0 Å². The van der Waals surface area contributed by atoms with Crippen molar-refractivity contribution in [3.05, 3.63) is 35.4 Å². The lowest BCUT2D eigenvalue weighted by atomic mass is 10.1. The fraction of sp³-hybridized carbons (Fsp3) is 0.467. The molecule has 1 rings (SSSR count). The molecule has 110 valence electrons. The first-order valence-electron chi connectivity index (χ1n) is 6.68. The second-order valence-electron chi connectivity index (χ2n) is 5.79. The van der Waals surface area contributed by atoms with Crippen LogP contribution in [0.3, 0.4) is 0 Å². The highest BCUT2D eigenvalue weighted by Gasteiger charge is 2.12. The highest BCUT2D eigenvalue weighted by molar-refractivity contribution is 5.92. The molecule has 0 aliphatic heterocycles. The van der Waals surface area contributed by atoms with Crippen molar-refractivity contribution in [3.8, 4) is 0 Å². The zero-order chi connectivity index (χ0) is 15.2. The Morgan fingerprint density at radius 1 is 1.15 bits per heavy atom. The van der Waals surface area contributed by atoms with Crippen LogP contribution in [0.1, 0.15) is 43.1 Å². The van der Waals surface area contributed by atoms with E-state index < -0.39 is 5.91 Å². The van der Waals surface area contributed by atoms with Crippen molar-refractivity contribution in [1.29, 1.82) is 0 Å².